The maximum Gasteiger partial charge on any atom is 0.347 e. The average molecular weight is 299 g/mol. The van der Waals surface area contributed by atoms with E-state index in [1.54, 1.807) is 0 Å². The number of aryl methyl sites for hydroxylation is 2. The van der Waals surface area contributed by atoms with Crippen molar-refractivity contribution >= 4 is 22.4 Å². The summed E-state index contributed by atoms with van der Waals surface area (Å²) in [5.41, 5.74) is 3.19. The second kappa shape index (κ2) is 5.59. The molecule has 0 saturated carbocycles. The summed E-state index contributed by atoms with van der Waals surface area (Å²) in [6, 6.07) is 3.98. The number of anilines is 1. The van der Waals surface area contributed by atoms with E-state index in [1.165, 1.54) is 26.2 Å². The number of ketones is 1. The highest BCUT2D eigenvalue weighted by Crippen LogP contribution is 2.30. The smallest absolute Gasteiger partial charge is 0.347 e. The minimum absolute atomic E-state index is 0.164. The predicted molar refractivity (Wildman–Crippen MR) is 88.0 cm³/mol. The molecule has 2 heterocycles. The van der Waals surface area contributed by atoms with Gasteiger partial charge in [-0.05, 0) is 57.2 Å². The lowest BCUT2D eigenvalue weighted by atomic mass is 10.00. The van der Waals surface area contributed by atoms with Gasteiger partial charge in [0.2, 0.25) is 0 Å². The maximum atomic E-state index is 12.1. The number of hydrogen-bond donors (Lipinski definition) is 0. The lowest BCUT2D eigenvalue weighted by molar-refractivity contribution is 0.101. The summed E-state index contributed by atoms with van der Waals surface area (Å²) < 4.78 is 5.42. The third-order valence-electron chi connectivity index (χ3n) is 4.53. The van der Waals surface area contributed by atoms with Gasteiger partial charge in [-0.25, -0.2) is 4.79 Å². The number of carbonyl (C=O) groups is 1. The van der Waals surface area contributed by atoms with Gasteiger partial charge in [-0.15, -0.1) is 0 Å². The Morgan fingerprint density at radius 1 is 1.14 bits per heavy atom. The first-order chi connectivity index (χ1) is 10.5. The van der Waals surface area contributed by atoms with Crippen LogP contribution in [0.3, 0.4) is 0 Å². The van der Waals surface area contributed by atoms with Gasteiger partial charge in [0, 0.05) is 30.2 Å². The Bertz CT molecular complexity index is 798. The highest BCUT2D eigenvalue weighted by atomic mass is 16.4. The van der Waals surface area contributed by atoms with Crippen LogP contribution >= 0.6 is 0 Å². The first kappa shape index (κ1) is 14.8. The van der Waals surface area contributed by atoms with Gasteiger partial charge in [-0.3, -0.25) is 4.79 Å². The molecule has 1 fully saturated rings. The van der Waals surface area contributed by atoms with Crippen molar-refractivity contribution in [2.24, 2.45) is 0 Å². The lowest BCUT2D eigenvalue weighted by Crippen LogP contribution is -2.30. The van der Waals surface area contributed by atoms with E-state index in [9.17, 15) is 9.59 Å². The Balaban J connectivity index is 2.20. The minimum atomic E-state index is -0.536. The van der Waals surface area contributed by atoms with Crippen molar-refractivity contribution in [2.75, 3.05) is 18.0 Å². The third kappa shape index (κ3) is 2.43. The predicted octanol–water partition coefficient (Wildman–Crippen LogP) is 3.60. The fraction of sp³-hybridized carbons (Fsp3) is 0.444. The van der Waals surface area contributed by atoms with Crippen LogP contribution in [0, 0.1) is 13.8 Å². The molecule has 4 nitrogen and oxygen atoms in total. The van der Waals surface area contributed by atoms with Crippen molar-refractivity contribution in [1.29, 1.82) is 0 Å². The topological polar surface area (TPSA) is 50.5 Å². The Kier molecular flexibility index (Phi) is 3.77. The highest BCUT2D eigenvalue weighted by Gasteiger charge is 2.18. The van der Waals surface area contributed by atoms with E-state index in [4.69, 9.17) is 4.42 Å². The molecule has 0 bridgehead atoms. The molecule has 22 heavy (non-hydrogen) atoms. The van der Waals surface area contributed by atoms with E-state index in [-0.39, 0.29) is 11.3 Å². The molecule has 4 heteroatoms. The summed E-state index contributed by atoms with van der Waals surface area (Å²) in [6.45, 7) is 7.37. The van der Waals surface area contributed by atoms with Crippen LogP contribution in [0.15, 0.2) is 21.3 Å². The number of benzene rings is 1. The van der Waals surface area contributed by atoms with Crippen LogP contribution in [0.1, 0.15) is 47.7 Å². The SMILES string of the molecule is CC(=O)c1c(C)c2cc(C)c(N3CCCCC3)cc2oc1=O. The number of fused-ring (bicyclic) bond motifs is 1. The lowest BCUT2D eigenvalue weighted by Gasteiger charge is -2.30. The summed E-state index contributed by atoms with van der Waals surface area (Å²) in [5.74, 6) is -0.245. The van der Waals surface area contributed by atoms with E-state index in [0.29, 0.717) is 11.1 Å². The van der Waals surface area contributed by atoms with Gasteiger partial charge in [0.15, 0.2) is 5.78 Å². The van der Waals surface area contributed by atoms with Crippen molar-refractivity contribution in [3.05, 3.63) is 39.2 Å². The molecule has 1 aliphatic heterocycles. The van der Waals surface area contributed by atoms with Gasteiger partial charge in [0.05, 0.1) is 0 Å². The Labute approximate surface area is 129 Å². The molecule has 0 spiro atoms. The van der Waals surface area contributed by atoms with Crippen LogP contribution in [-0.4, -0.2) is 18.9 Å². The van der Waals surface area contributed by atoms with Crippen molar-refractivity contribution < 1.29 is 9.21 Å². The first-order valence-electron chi connectivity index (χ1n) is 7.83. The molecule has 2 aromatic rings. The molecule has 0 amide bonds. The molecule has 3 rings (SSSR count). The summed E-state index contributed by atoms with van der Waals surface area (Å²) >= 11 is 0. The fourth-order valence-electron chi connectivity index (χ4n) is 3.38. The van der Waals surface area contributed by atoms with Crippen molar-refractivity contribution in [3.8, 4) is 0 Å². The van der Waals surface area contributed by atoms with Crippen LogP contribution in [0.25, 0.3) is 11.0 Å². The Hall–Kier alpha value is -2.10. The summed E-state index contributed by atoms with van der Waals surface area (Å²) in [4.78, 5) is 26.1. The summed E-state index contributed by atoms with van der Waals surface area (Å²) in [7, 11) is 0. The highest BCUT2D eigenvalue weighted by molar-refractivity contribution is 5.99. The number of carbonyl (C=O) groups excluding carboxylic acids is 1. The monoisotopic (exact) mass is 299 g/mol. The molecular formula is C18H21NO3. The van der Waals surface area contributed by atoms with Crippen LogP contribution in [0.5, 0.6) is 0 Å². The molecule has 0 unspecified atom stereocenters. The standard InChI is InChI=1S/C18H21NO3/c1-11-9-14-12(2)17(13(3)20)18(21)22-16(14)10-15(11)19-7-5-4-6-8-19/h9-10H,4-8H2,1-3H3. The molecule has 1 aromatic carbocycles. The summed E-state index contributed by atoms with van der Waals surface area (Å²) in [6.07, 6.45) is 3.67. The van der Waals surface area contributed by atoms with Gasteiger partial charge in [0.1, 0.15) is 11.1 Å². The van der Waals surface area contributed by atoms with Gasteiger partial charge >= 0.3 is 5.63 Å². The van der Waals surface area contributed by atoms with Crippen molar-refractivity contribution in [2.45, 2.75) is 40.0 Å². The molecule has 116 valence electrons. The zero-order valence-corrected chi connectivity index (χ0v) is 13.4. The van der Waals surface area contributed by atoms with Crippen molar-refractivity contribution in [3.63, 3.8) is 0 Å². The molecule has 0 N–H and O–H groups in total. The van der Waals surface area contributed by atoms with Gasteiger partial charge in [-0.1, -0.05) is 0 Å². The summed E-state index contributed by atoms with van der Waals surface area (Å²) in [5, 5.41) is 0.850. The van der Waals surface area contributed by atoms with Gasteiger partial charge in [0.25, 0.3) is 0 Å². The number of hydrogen-bond acceptors (Lipinski definition) is 4. The number of piperidine rings is 1. The van der Waals surface area contributed by atoms with E-state index < -0.39 is 5.63 Å². The van der Waals surface area contributed by atoms with E-state index in [2.05, 4.69) is 11.8 Å². The third-order valence-corrected chi connectivity index (χ3v) is 4.53. The molecule has 1 aromatic heterocycles. The zero-order valence-electron chi connectivity index (χ0n) is 13.4. The Morgan fingerprint density at radius 3 is 2.45 bits per heavy atom. The molecule has 1 aliphatic rings. The van der Waals surface area contributed by atoms with Crippen LogP contribution in [0.2, 0.25) is 0 Å². The maximum absolute atomic E-state index is 12.1. The number of Topliss-reactive ketones (excluding diaryl/α,β-unsaturated/α-hetero) is 1. The molecule has 0 aliphatic carbocycles. The largest absolute Gasteiger partial charge is 0.422 e. The van der Waals surface area contributed by atoms with E-state index >= 15 is 0 Å². The van der Waals surface area contributed by atoms with Crippen molar-refractivity contribution in [1.82, 2.24) is 0 Å². The second-order valence-corrected chi connectivity index (χ2v) is 6.13. The normalized spacial score (nSPS) is 15.3. The van der Waals surface area contributed by atoms with E-state index in [0.717, 1.165) is 29.7 Å². The molecular weight excluding hydrogens is 278 g/mol. The molecule has 0 radical (unpaired) electrons. The van der Waals surface area contributed by atoms with Crippen LogP contribution in [-0.2, 0) is 0 Å². The quantitative estimate of drug-likeness (QED) is 0.628. The second-order valence-electron chi connectivity index (χ2n) is 6.13. The average Bonchev–Trinajstić information content (AvgIpc) is 2.48. The number of nitrogens with zero attached hydrogens (tertiary/aromatic N) is 1. The number of rotatable bonds is 2. The first-order valence-corrected chi connectivity index (χ1v) is 7.83. The molecule has 0 atom stereocenters. The molecule has 1 saturated heterocycles. The van der Waals surface area contributed by atoms with Gasteiger partial charge < -0.3 is 9.32 Å². The van der Waals surface area contributed by atoms with Gasteiger partial charge in [-0.2, -0.15) is 0 Å². The van der Waals surface area contributed by atoms with E-state index in [1.807, 2.05) is 19.1 Å². The Morgan fingerprint density at radius 2 is 1.82 bits per heavy atom. The minimum Gasteiger partial charge on any atom is -0.422 e. The fourth-order valence-corrected chi connectivity index (χ4v) is 3.38. The van der Waals surface area contributed by atoms with Crippen LogP contribution in [0.4, 0.5) is 5.69 Å². The van der Waals surface area contributed by atoms with Crippen LogP contribution < -0.4 is 10.5 Å². The zero-order chi connectivity index (χ0) is 15.9.